The number of hydrogen-bond acceptors (Lipinski definition) is 5. The summed E-state index contributed by atoms with van der Waals surface area (Å²) in [4.78, 5) is 23.9. The lowest BCUT2D eigenvalue weighted by Crippen LogP contribution is -2.41. The molecule has 0 bridgehead atoms. The minimum atomic E-state index is 0.0462. The van der Waals surface area contributed by atoms with E-state index in [4.69, 9.17) is 14.1 Å². The summed E-state index contributed by atoms with van der Waals surface area (Å²) in [5.74, 6) is 1.41. The maximum atomic E-state index is 12.6. The van der Waals surface area contributed by atoms with Crippen molar-refractivity contribution in [2.45, 2.75) is 25.2 Å². The third kappa shape index (κ3) is 3.12. The highest BCUT2D eigenvalue weighted by Crippen LogP contribution is 2.32. The summed E-state index contributed by atoms with van der Waals surface area (Å²) in [5, 5.41) is 0.997. The second kappa shape index (κ2) is 6.87. The molecule has 2 aliphatic rings. The first-order valence-electron chi connectivity index (χ1n) is 9.40. The average Bonchev–Trinajstić information content (AvgIpc) is 3.35. The number of fused-ring (bicyclic) bond motifs is 3. The van der Waals surface area contributed by atoms with Crippen LogP contribution in [-0.2, 0) is 9.53 Å². The molecule has 6 nitrogen and oxygen atoms in total. The van der Waals surface area contributed by atoms with Crippen LogP contribution in [-0.4, -0.2) is 47.1 Å². The highest BCUT2D eigenvalue weighted by atomic mass is 79.9. The fourth-order valence-corrected chi connectivity index (χ4v) is 4.45. The molecule has 7 heteroatoms. The van der Waals surface area contributed by atoms with Gasteiger partial charge in [-0.05, 0) is 37.5 Å². The molecule has 27 heavy (non-hydrogen) atoms. The van der Waals surface area contributed by atoms with E-state index in [-0.39, 0.29) is 17.7 Å². The minimum Gasteiger partial charge on any atom is -0.453 e. The zero-order valence-corrected chi connectivity index (χ0v) is 16.4. The molecule has 0 spiro atoms. The molecule has 1 unspecified atom stereocenters. The largest absolute Gasteiger partial charge is 0.453 e. The molecule has 140 valence electrons. The fraction of sp³-hybridized carbons (Fsp3) is 0.450. The van der Waals surface area contributed by atoms with Crippen LogP contribution in [0.4, 0.5) is 0 Å². The molecule has 3 aromatic rings. The maximum Gasteiger partial charge on any atom is 0.228 e. The van der Waals surface area contributed by atoms with Gasteiger partial charge in [0.15, 0.2) is 5.58 Å². The van der Waals surface area contributed by atoms with E-state index in [0.717, 1.165) is 59.1 Å². The van der Waals surface area contributed by atoms with Gasteiger partial charge in [0.05, 0.1) is 18.7 Å². The lowest BCUT2D eigenvalue weighted by atomic mass is 9.94. The van der Waals surface area contributed by atoms with Gasteiger partial charge in [-0.2, -0.15) is 0 Å². The summed E-state index contributed by atoms with van der Waals surface area (Å²) in [6.07, 6.45) is 4.41. The van der Waals surface area contributed by atoms with E-state index in [9.17, 15) is 4.79 Å². The maximum absolute atomic E-state index is 12.6. The van der Waals surface area contributed by atoms with Gasteiger partial charge < -0.3 is 14.1 Å². The van der Waals surface area contributed by atoms with Crippen LogP contribution in [0.1, 0.15) is 31.0 Å². The third-order valence-electron chi connectivity index (χ3n) is 5.64. The van der Waals surface area contributed by atoms with E-state index in [0.29, 0.717) is 18.8 Å². The summed E-state index contributed by atoms with van der Waals surface area (Å²) < 4.78 is 12.2. The second-order valence-corrected chi connectivity index (χ2v) is 8.26. The van der Waals surface area contributed by atoms with Crippen molar-refractivity contribution in [1.29, 1.82) is 0 Å². The Hall–Kier alpha value is -1.99. The standard InChI is InChI=1S/C20H20BrN3O3/c21-14-1-2-16-15(9-14)18-17(27-16)10-22-19(23-18)12-3-6-24(7-4-12)20(25)13-5-8-26-11-13/h1-2,9-10,12-13H,3-8,11H2. The molecule has 1 aromatic carbocycles. The van der Waals surface area contributed by atoms with Crippen LogP contribution in [0.15, 0.2) is 33.3 Å². The molecule has 0 N–H and O–H groups in total. The number of ether oxygens (including phenoxy) is 1. The molecule has 1 atom stereocenters. The first-order chi connectivity index (χ1) is 13.2. The molecule has 1 amide bonds. The van der Waals surface area contributed by atoms with E-state index in [1.54, 1.807) is 6.20 Å². The molecule has 0 radical (unpaired) electrons. The van der Waals surface area contributed by atoms with E-state index in [1.165, 1.54) is 0 Å². The molecule has 4 heterocycles. The molecule has 0 aliphatic carbocycles. The first-order valence-corrected chi connectivity index (χ1v) is 10.2. The van der Waals surface area contributed by atoms with Crippen LogP contribution in [0.3, 0.4) is 0 Å². The second-order valence-electron chi connectivity index (χ2n) is 7.34. The van der Waals surface area contributed by atoms with Crippen LogP contribution in [0.25, 0.3) is 22.1 Å². The highest BCUT2D eigenvalue weighted by Gasteiger charge is 2.31. The molecule has 2 aromatic heterocycles. The number of likely N-dealkylation sites (tertiary alicyclic amines) is 1. The van der Waals surface area contributed by atoms with Crippen LogP contribution in [0.2, 0.25) is 0 Å². The Labute approximate surface area is 165 Å². The Bertz CT molecular complexity index is 1000. The molecule has 0 saturated carbocycles. The Morgan fingerprint density at radius 3 is 2.81 bits per heavy atom. The first kappa shape index (κ1) is 17.1. The van der Waals surface area contributed by atoms with Gasteiger partial charge in [-0.15, -0.1) is 0 Å². The van der Waals surface area contributed by atoms with Crippen molar-refractivity contribution in [2.24, 2.45) is 5.92 Å². The normalized spacial score (nSPS) is 21.4. The number of carbonyl (C=O) groups excluding carboxylic acids is 1. The summed E-state index contributed by atoms with van der Waals surface area (Å²) in [7, 11) is 0. The van der Waals surface area contributed by atoms with E-state index in [2.05, 4.69) is 20.9 Å². The topological polar surface area (TPSA) is 68.5 Å². The molecule has 5 rings (SSSR count). The van der Waals surface area contributed by atoms with Crippen LogP contribution < -0.4 is 0 Å². The molecular weight excluding hydrogens is 410 g/mol. The van der Waals surface area contributed by atoms with Crippen molar-refractivity contribution >= 4 is 43.9 Å². The predicted octanol–water partition coefficient (Wildman–Crippen LogP) is 3.88. The number of piperidine rings is 1. The SMILES string of the molecule is O=C(C1CCOC1)N1CCC(c2ncc3oc4ccc(Br)cc4c3n2)CC1. The van der Waals surface area contributed by atoms with E-state index in [1.807, 2.05) is 23.1 Å². The van der Waals surface area contributed by atoms with Gasteiger partial charge in [-0.25, -0.2) is 9.97 Å². The van der Waals surface area contributed by atoms with Gasteiger partial charge in [-0.1, -0.05) is 15.9 Å². The molecule has 2 fully saturated rings. The number of aromatic nitrogens is 2. The van der Waals surface area contributed by atoms with Crippen LogP contribution in [0, 0.1) is 5.92 Å². The number of furan rings is 1. The van der Waals surface area contributed by atoms with Crippen molar-refractivity contribution in [3.05, 3.63) is 34.7 Å². The quantitative estimate of drug-likeness (QED) is 0.617. The number of benzene rings is 1. The van der Waals surface area contributed by atoms with E-state index >= 15 is 0 Å². The average molecular weight is 430 g/mol. The summed E-state index contributed by atoms with van der Waals surface area (Å²) in [5.41, 5.74) is 2.39. The zero-order chi connectivity index (χ0) is 18.4. The Kier molecular flexibility index (Phi) is 4.36. The molecular formula is C20H20BrN3O3. The number of halogens is 1. The van der Waals surface area contributed by atoms with Crippen LogP contribution >= 0.6 is 15.9 Å². The Balaban J connectivity index is 1.36. The number of amides is 1. The molecule has 2 aliphatic heterocycles. The Morgan fingerprint density at radius 2 is 2.04 bits per heavy atom. The smallest absolute Gasteiger partial charge is 0.228 e. The lowest BCUT2D eigenvalue weighted by Gasteiger charge is -2.32. The monoisotopic (exact) mass is 429 g/mol. The highest BCUT2D eigenvalue weighted by molar-refractivity contribution is 9.10. The van der Waals surface area contributed by atoms with Crippen molar-refractivity contribution in [3.63, 3.8) is 0 Å². The van der Waals surface area contributed by atoms with E-state index < -0.39 is 0 Å². The van der Waals surface area contributed by atoms with Gasteiger partial charge in [0.2, 0.25) is 5.91 Å². The van der Waals surface area contributed by atoms with Crippen molar-refractivity contribution in [3.8, 4) is 0 Å². The van der Waals surface area contributed by atoms with Gasteiger partial charge in [-0.3, -0.25) is 4.79 Å². The minimum absolute atomic E-state index is 0.0462. The molecule has 2 saturated heterocycles. The summed E-state index contributed by atoms with van der Waals surface area (Å²) in [6, 6.07) is 5.93. The number of carbonyl (C=O) groups is 1. The fourth-order valence-electron chi connectivity index (χ4n) is 4.09. The number of hydrogen-bond donors (Lipinski definition) is 0. The third-order valence-corrected chi connectivity index (χ3v) is 6.13. The Morgan fingerprint density at radius 1 is 1.19 bits per heavy atom. The summed E-state index contributed by atoms with van der Waals surface area (Å²) >= 11 is 3.51. The number of rotatable bonds is 2. The lowest BCUT2D eigenvalue weighted by molar-refractivity contribution is -0.136. The van der Waals surface area contributed by atoms with Crippen LogP contribution in [0.5, 0.6) is 0 Å². The summed E-state index contributed by atoms with van der Waals surface area (Å²) in [6.45, 7) is 2.80. The van der Waals surface area contributed by atoms with Gasteiger partial charge in [0, 0.05) is 35.5 Å². The van der Waals surface area contributed by atoms with Gasteiger partial charge >= 0.3 is 0 Å². The van der Waals surface area contributed by atoms with Gasteiger partial charge in [0.25, 0.3) is 0 Å². The van der Waals surface area contributed by atoms with Gasteiger partial charge in [0.1, 0.15) is 16.9 Å². The van der Waals surface area contributed by atoms with Crippen molar-refractivity contribution < 1.29 is 13.9 Å². The predicted molar refractivity (Wildman–Crippen MR) is 104 cm³/mol. The number of nitrogens with zero attached hydrogens (tertiary/aromatic N) is 3. The van der Waals surface area contributed by atoms with Crippen molar-refractivity contribution in [2.75, 3.05) is 26.3 Å². The zero-order valence-electron chi connectivity index (χ0n) is 14.9. The van der Waals surface area contributed by atoms with Crippen molar-refractivity contribution in [1.82, 2.24) is 14.9 Å².